The number of nitrogens with zero attached hydrogens (tertiary/aromatic N) is 3. The molecule has 3 aromatic rings. The molecule has 1 amide bonds. The van der Waals surface area contributed by atoms with E-state index in [9.17, 15) is 18.0 Å². The van der Waals surface area contributed by atoms with E-state index in [1.54, 1.807) is 24.7 Å². The molecule has 0 bridgehead atoms. The van der Waals surface area contributed by atoms with Gasteiger partial charge in [-0.2, -0.15) is 0 Å². The molecule has 0 aliphatic heterocycles. The smallest absolute Gasteiger partial charge is 0.264 e. The maximum absolute atomic E-state index is 12.6. The van der Waals surface area contributed by atoms with E-state index in [4.69, 9.17) is 5.21 Å². The summed E-state index contributed by atoms with van der Waals surface area (Å²) in [4.78, 5) is 33.3. The van der Waals surface area contributed by atoms with Gasteiger partial charge >= 0.3 is 0 Å². The molecule has 10 heteroatoms. The van der Waals surface area contributed by atoms with Crippen LogP contribution in [-0.4, -0.2) is 45.1 Å². The van der Waals surface area contributed by atoms with Crippen LogP contribution in [0.1, 0.15) is 25.8 Å². The van der Waals surface area contributed by atoms with Gasteiger partial charge < -0.3 is 4.57 Å². The van der Waals surface area contributed by atoms with E-state index in [0.29, 0.717) is 11.4 Å². The molecule has 0 radical (unpaired) electrons. The highest BCUT2D eigenvalue weighted by Gasteiger charge is 2.43. The van der Waals surface area contributed by atoms with Crippen LogP contribution in [0.15, 0.2) is 59.8 Å². The number of nitrogens with one attached hydrogen (secondary N) is 1. The molecule has 174 valence electrons. The molecule has 0 aliphatic carbocycles. The molecule has 0 saturated carbocycles. The second kappa shape index (κ2) is 9.63. The number of hydrogen-bond donors (Lipinski definition) is 2. The molecule has 3 rings (SSSR count). The SMILES string of the molecule is CCc1cnc(-c2ccc(-c3ccn(CC[C@](C)(C(=O)NO)S(C)(=O)=O)c(=O)c3)cc2)nc1. The Morgan fingerprint density at radius 2 is 1.70 bits per heavy atom. The lowest BCUT2D eigenvalue weighted by atomic mass is 10.0. The highest BCUT2D eigenvalue weighted by molar-refractivity contribution is 7.92. The average molecular weight is 471 g/mol. The number of carbonyl (C=O) groups excluding carboxylic acids is 1. The van der Waals surface area contributed by atoms with Gasteiger partial charge in [-0.3, -0.25) is 14.8 Å². The van der Waals surface area contributed by atoms with Gasteiger partial charge in [-0.25, -0.2) is 23.9 Å². The second-order valence-electron chi connectivity index (χ2n) is 7.99. The second-order valence-corrected chi connectivity index (χ2v) is 10.4. The molecule has 2 N–H and O–H groups in total. The minimum absolute atomic E-state index is 0.0138. The molecular formula is C23H26N4O5S. The van der Waals surface area contributed by atoms with Gasteiger partial charge in [0.05, 0.1) is 0 Å². The lowest BCUT2D eigenvalue weighted by Crippen LogP contribution is -2.49. The number of amides is 1. The largest absolute Gasteiger partial charge is 0.315 e. The Morgan fingerprint density at radius 1 is 1.09 bits per heavy atom. The van der Waals surface area contributed by atoms with Crippen LogP contribution in [-0.2, 0) is 27.6 Å². The molecule has 2 heterocycles. The predicted octanol–water partition coefficient (Wildman–Crippen LogP) is 2.23. The molecule has 0 fully saturated rings. The summed E-state index contributed by atoms with van der Waals surface area (Å²) in [5.74, 6) is -0.418. The van der Waals surface area contributed by atoms with Crippen molar-refractivity contribution >= 4 is 15.7 Å². The first-order valence-corrected chi connectivity index (χ1v) is 12.2. The van der Waals surface area contributed by atoms with Crippen molar-refractivity contribution in [1.82, 2.24) is 20.0 Å². The standard InChI is InChI=1S/C23H26N4O5S/c1-4-16-14-24-21(25-15-16)18-7-5-17(6-8-18)19-9-11-27(20(28)13-19)12-10-23(2,22(29)26-30)33(3,31)32/h5-9,11,13-15,30H,4,10,12H2,1-3H3,(H,26,29)/t23-/m1/s1. The molecule has 0 saturated heterocycles. The fourth-order valence-electron chi connectivity index (χ4n) is 3.29. The van der Waals surface area contributed by atoms with Gasteiger partial charge in [0, 0.05) is 43.0 Å². The van der Waals surface area contributed by atoms with Crippen LogP contribution in [0.25, 0.3) is 22.5 Å². The maximum atomic E-state index is 12.6. The van der Waals surface area contributed by atoms with Crippen LogP contribution < -0.4 is 11.0 Å². The first-order valence-electron chi connectivity index (χ1n) is 10.4. The molecule has 0 unspecified atom stereocenters. The third-order valence-corrected chi connectivity index (χ3v) is 7.84. The quantitative estimate of drug-likeness (QED) is 0.381. The molecule has 2 aromatic heterocycles. The van der Waals surface area contributed by atoms with Crippen molar-refractivity contribution in [2.75, 3.05) is 6.26 Å². The minimum Gasteiger partial charge on any atom is -0.315 e. The Labute approximate surface area is 192 Å². The number of pyridine rings is 1. The van der Waals surface area contributed by atoms with Crippen molar-refractivity contribution in [2.45, 2.75) is 38.0 Å². The molecule has 33 heavy (non-hydrogen) atoms. The summed E-state index contributed by atoms with van der Waals surface area (Å²) in [6, 6.07) is 10.7. The Balaban J connectivity index is 1.79. The molecule has 1 aromatic carbocycles. The Bertz CT molecular complexity index is 1300. The van der Waals surface area contributed by atoms with Gasteiger partial charge in [0.2, 0.25) is 0 Å². The summed E-state index contributed by atoms with van der Waals surface area (Å²) < 4.78 is 23.6. The van der Waals surface area contributed by atoms with Crippen LogP contribution in [0.5, 0.6) is 0 Å². The van der Waals surface area contributed by atoms with Crippen molar-refractivity contribution in [3.63, 3.8) is 0 Å². The molecular weight excluding hydrogens is 444 g/mol. The number of benzene rings is 1. The van der Waals surface area contributed by atoms with Crippen molar-refractivity contribution in [3.8, 4) is 22.5 Å². The summed E-state index contributed by atoms with van der Waals surface area (Å²) in [7, 11) is -3.84. The van der Waals surface area contributed by atoms with Crippen LogP contribution >= 0.6 is 0 Å². The predicted molar refractivity (Wildman–Crippen MR) is 124 cm³/mol. The van der Waals surface area contributed by atoms with Gasteiger partial charge in [-0.1, -0.05) is 31.2 Å². The Kier molecular flexibility index (Phi) is 7.09. The number of hydrogen-bond acceptors (Lipinski definition) is 7. The highest BCUT2D eigenvalue weighted by atomic mass is 32.2. The molecule has 0 aliphatic rings. The summed E-state index contributed by atoms with van der Waals surface area (Å²) in [6.45, 7) is 3.24. The average Bonchev–Trinajstić information content (AvgIpc) is 2.82. The summed E-state index contributed by atoms with van der Waals surface area (Å²) in [6.07, 6.45) is 6.76. The van der Waals surface area contributed by atoms with Gasteiger partial charge in [-0.05, 0) is 42.5 Å². The Morgan fingerprint density at radius 3 is 2.21 bits per heavy atom. The highest BCUT2D eigenvalue weighted by Crippen LogP contribution is 2.24. The zero-order chi connectivity index (χ0) is 24.2. The number of carbonyl (C=O) groups is 1. The third-order valence-electron chi connectivity index (χ3n) is 5.82. The van der Waals surface area contributed by atoms with Gasteiger partial charge in [0.1, 0.15) is 0 Å². The van der Waals surface area contributed by atoms with E-state index in [1.165, 1.54) is 23.0 Å². The van der Waals surface area contributed by atoms with Crippen molar-refractivity contribution < 1.29 is 18.4 Å². The lowest BCUT2D eigenvalue weighted by Gasteiger charge is -2.25. The van der Waals surface area contributed by atoms with E-state index in [0.717, 1.165) is 29.4 Å². The van der Waals surface area contributed by atoms with E-state index in [-0.39, 0.29) is 18.5 Å². The van der Waals surface area contributed by atoms with E-state index >= 15 is 0 Å². The summed E-state index contributed by atoms with van der Waals surface area (Å²) in [5, 5.41) is 8.92. The van der Waals surface area contributed by atoms with E-state index < -0.39 is 20.5 Å². The fourth-order valence-corrected chi connectivity index (χ4v) is 4.13. The van der Waals surface area contributed by atoms with Gasteiger partial charge in [0.15, 0.2) is 20.4 Å². The summed E-state index contributed by atoms with van der Waals surface area (Å²) >= 11 is 0. The monoisotopic (exact) mass is 470 g/mol. The topological polar surface area (TPSA) is 131 Å². The van der Waals surface area contributed by atoms with Crippen molar-refractivity contribution in [2.24, 2.45) is 0 Å². The lowest BCUT2D eigenvalue weighted by molar-refractivity contribution is -0.131. The van der Waals surface area contributed by atoms with E-state index in [2.05, 4.69) is 9.97 Å². The number of aryl methyl sites for hydroxylation is 2. The first-order chi connectivity index (χ1) is 15.6. The van der Waals surface area contributed by atoms with Crippen molar-refractivity contribution in [3.05, 3.63) is 70.9 Å². The summed E-state index contributed by atoms with van der Waals surface area (Å²) in [5.41, 5.74) is 4.51. The van der Waals surface area contributed by atoms with Crippen LogP contribution in [0.2, 0.25) is 0 Å². The minimum atomic E-state index is -3.84. The van der Waals surface area contributed by atoms with Crippen LogP contribution in [0.4, 0.5) is 0 Å². The zero-order valence-corrected chi connectivity index (χ0v) is 19.5. The Hall–Kier alpha value is -3.37. The normalized spacial score (nSPS) is 13.3. The van der Waals surface area contributed by atoms with E-state index in [1.807, 2.05) is 31.2 Å². The molecule has 1 atom stereocenters. The van der Waals surface area contributed by atoms with Crippen LogP contribution in [0.3, 0.4) is 0 Å². The number of sulfone groups is 1. The molecule has 0 spiro atoms. The van der Waals surface area contributed by atoms with Crippen LogP contribution in [0, 0.1) is 0 Å². The number of aromatic nitrogens is 3. The number of hydroxylamine groups is 1. The maximum Gasteiger partial charge on any atom is 0.264 e. The third kappa shape index (κ3) is 5.18. The number of rotatable bonds is 8. The fraction of sp³-hybridized carbons (Fsp3) is 0.304. The van der Waals surface area contributed by atoms with Gasteiger partial charge in [0.25, 0.3) is 11.5 Å². The molecule has 9 nitrogen and oxygen atoms in total. The first kappa shape index (κ1) is 24.3. The van der Waals surface area contributed by atoms with Gasteiger partial charge in [-0.15, -0.1) is 0 Å². The zero-order valence-electron chi connectivity index (χ0n) is 18.6. The van der Waals surface area contributed by atoms with Crippen molar-refractivity contribution in [1.29, 1.82) is 0 Å².